The van der Waals surface area contributed by atoms with Crippen LogP contribution in [-0.4, -0.2) is 23.7 Å². The first-order valence-corrected chi connectivity index (χ1v) is 6.80. The Morgan fingerprint density at radius 2 is 2.06 bits per heavy atom. The Morgan fingerprint density at radius 1 is 1.28 bits per heavy atom. The zero-order valence-corrected chi connectivity index (χ0v) is 10.5. The van der Waals surface area contributed by atoms with E-state index < -0.39 is 0 Å². The van der Waals surface area contributed by atoms with Gasteiger partial charge < -0.3 is 10.4 Å². The third kappa shape index (κ3) is 2.27. The lowest BCUT2D eigenvalue weighted by Crippen LogP contribution is -2.38. The molecule has 1 saturated carbocycles. The van der Waals surface area contributed by atoms with Crippen LogP contribution in [0.4, 0.5) is 0 Å². The van der Waals surface area contributed by atoms with Gasteiger partial charge in [0.15, 0.2) is 0 Å². The van der Waals surface area contributed by atoms with Gasteiger partial charge in [-0.3, -0.25) is 4.79 Å². The first-order valence-electron chi connectivity index (χ1n) is 6.80. The lowest BCUT2D eigenvalue weighted by molar-refractivity contribution is 0.0420. The van der Waals surface area contributed by atoms with Crippen molar-refractivity contribution in [2.24, 2.45) is 5.92 Å². The number of amides is 1. The molecule has 1 aromatic rings. The molecule has 0 saturated heterocycles. The van der Waals surface area contributed by atoms with Gasteiger partial charge in [0.1, 0.15) is 0 Å². The fourth-order valence-corrected chi connectivity index (χ4v) is 2.92. The van der Waals surface area contributed by atoms with E-state index in [4.69, 9.17) is 0 Å². The Bertz CT molecular complexity index is 464. The summed E-state index contributed by atoms with van der Waals surface area (Å²) < 4.78 is 0. The number of benzene rings is 1. The maximum Gasteiger partial charge on any atom is 0.251 e. The molecule has 0 unspecified atom stereocenters. The van der Waals surface area contributed by atoms with E-state index in [2.05, 4.69) is 11.4 Å². The fraction of sp³-hybridized carbons (Fsp3) is 0.533. The van der Waals surface area contributed by atoms with Gasteiger partial charge >= 0.3 is 0 Å². The predicted octanol–water partition coefficient (Wildman–Crippen LogP) is 1.68. The highest BCUT2D eigenvalue weighted by Crippen LogP contribution is 2.26. The molecule has 0 heterocycles. The van der Waals surface area contributed by atoms with E-state index in [0.717, 1.165) is 31.2 Å². The normalized spacial score (nSPS) is 25.4. The summed E-state index contributed by atoms with van der Waals surface area (Å²) in [5.74, 6) is 0.476. The topological polar surface area (TPSA) is 49.3 Å². The minimum atomic E-state index is -0.146. The van der Waals surface area contributed by atoms with Crippen molar-refractivity contribution in [1.82, 2.24) is 5.32 Å². The second-order valence-corrected chi connectivity index (χ2v) is 5.54. The quantitative estimate of drug-likeness (QED) is 0.851. The molecule has 0 atom stereocenters. The van der Waals surface area contributed by atoms with Crippen LogP contribution in [-0.2, 0) is 12.8 Å². The van der Waals surface area contributed by atoms with Gasteiger partial charge in [0.05, 0.1) is 6.10 Å². The van der Waals surface area contributed by atoms with Crippen LogP contribution in [0.15, 0.2) is 18.2 Å². The number of rotatable bonds is 3. The highest BCUT2D eigenvalue weighted by Gasteiger charge is 2.27. The molecular formula is C15H19NO2. The number of hydrogen-bond acceptors (Lipinski definition) is 2. The summed E-state index contributed by atoms with van der Waals surface area (Å²) >= 11 is 0. The van der Waals surface area contributed by atoms with E-state index in [1.54, 1.807) is 0 Å². The number of aliphatic hydroxyl groups is 1. The van der Waals surface area contributed by atoms with Gasteiger partial charge in [-0.05, 0) is 61.3 Å². The number of aliphatic hydroxyl groups excluding tert-OH is 1. The zero-order chi connectivity index (χ0) is 12.5. The Hall–Kier alpha value is -1.35. The molecule has 0 radical (unpaired) electrons. The smallest absolute Gasteiger partial charge is 0.251 e. The van der Waals surface area contributed by atoms with Crippen LogP contribution in [0, 0.1) is 5.92 Å². The number of carbonyl (C=O) groups excluding carboxylic acids is 1. The van der Waals surface area contributed by atoms with E-state index in [9.17, 15) is 9.90 Å². The second-order valence-electron chi connectivity index (χ2n) is 5.54. The summed E-state index contributed by atoms with van der Waals surface area (Å²) in [6, 6.07) is 6.05. The maximum atomic E-state index is 12.0. The fourth-order valence-electron chi connectivity index (χ4n) is 2.92. The second kappa shape index (κ2) is 4.73. The third-order valence-corrected chi connectivity index (χ3v) is 4.12. The van der Waals surface area contributed by atoms with Crippen LogP contribution >= 0.6 is 0 Å². The predicted molar refractivity (Wildman–Crippen MR) is 69.5 cm³/mol. The molecule has 3 rings (SSSR count). The average molecular weight is 245 g/mol. The minimum absolute atomic E-state index is 0.0195. The van der Waals surface area contributed by atoms with Crippen molar-refractivity contribution in [1.29, 1.82) is 0 Å². The molecule has 96 valence electrons. The van der Waals surface area contributed by atoms with Gasteiger partial charge in [-0.1, -0.05) is 6.07 Å². The molecule has 0 aromatic heterocycles. The zero-order valence-electron chi connectivity index (χ0n) is 10.5. The molecule has 2 N–H and O–H groups in total. The summed E-state index contributed by atoms with van der Waals surface area (Å²) in [5, 5.41) is 12.2. The van der Waals surface area contributed by atoms with E-state index in [0.29, 0.717) is 12.5 Å². The number of fused-ring (bicyclic) bond motifs is 1. The Morgan fingerprint density at radius 3 is 2.83 bits per heavy atom. The standard InChI is InChI=1S/C15H19NO2/c17-14-6-10(7-14)9-16-15(18)13-5-4-11-2-1-3-12(11)8-13/h4-5,8,10,14,17H,1-3,6-7,9H2,(H,16,18). The molecule has 0 bridgehead atoms. The SMILES string of the molecule is O=C(NCC1CC(O)C1)c1ccc2c(c1)CCC2. The van der Waals surface area contributed by atoms with E-state index in [1.165, 1.54) is 17.5 Å². The number of nitrogens with one attached hydrogen (secondary N) is 1. The van der Waals surface area contributed by atoms with Gasteiger partial charge in [0.2, 0.25) is 0 Å². The highest BCUT2D eigenvalue weighted by molar-refractivity contribution is 5.94. The van der Waals surface area contributed by atoms with E-state index in [-0.39, 0.29) is 12.0 Å². The molecular weight excluding hydrogens is 226 g/mol. The van der Waals surface area contributed by atoms with Gasteiger partial charge in [-0.15, -0.1) is 0 Å². The van der Waals surface area contributed by atoms with Gasteiger partial charge in [-0.25, -0.2) is 0 Å². The largest absolute Gasteiger partial charge is 0.393 e. The van der Waals surface area contributed by atoms with Crippen molar-refractivity contribution < 1.29 is 9.90 Å². The van der Waals surface area contributed by atoms with Gasteiger partial charge in [0.25, 0.3) is 5.91 Å². The summed E-state index contributed by atoms with van der Waals surface area (Å²) in [6.45, 7) is 0.687. The Balaban J connectivity index is 1.58. The van der Waals surface area contributed by atoms with Crippen LogP contribution in [0.3, 0.4) is 0 Å². The molecule has 18 heavy (non-hydrogen) atoms. The summed E-state index contributed by atoms with van der Waals surface area (Å²) in [4.78, 5) is 12.0. The Kier molecular flexibility index (Phi) is 3.08. The number of carbonyl (C=O) groups is 1. The van der Waals surface area contributed by atoms with Crippen molar-refractivity contribution in [2.75, 3.05) is 6.54 Å². The summed E-state index contributed by atoms with van der Waals surface area (Å²) in [5.41, 5.74) is 3.51. The average Bonchev–Trinajstić information content (AvgIpc) is 2.79. The molecule has 1 aromatic carbocycles. The van der Waals surface area contributed by atoms with Crippen LogP contribution in [0.1, 0.15) is 40.7 Å². The lowest BCUT2D eigenvalue weighted by atomic mass is 9.82. The number of hydrogen-bond donors (Lipinski definition) is 2. The molecule has 3 heteroatoms. The molecule has 0 aliphatic heterocycles. The van der Waals surface area contributed by atoms with Crippen LogP contribution in [0.25, 0.3) is 0 Å². The van der Waals surface area contributed by atoms with Crippen LogP contribution in [0.2, 0.25) is 0 Å². The van der Waals surface area contributed by atoms with E-state index >= 15 is 0 Å². The van der Waals surface area contributed by atoms with Gasteiger partial charge in [-0.2, -0.15) is 0 Å². The third-order valence-electron chi connectivity index (χ3n) is 4.12. The molecule has 0 spiro atoms. The van der Waals surface area contributed by atoms with Crippen LogP contribution in [0.5, 0.6) is 0 Å². The van der Waals surface area contributed by atoms with Crippen molar-refractivity contribution in [3.05, 3.63) is 34.9 Å². The Labute approximate surface area is 107 Å². The summed E-state index contributed by atoms with van der Waals surface area (Å²) in [6.07, 6.45) is 4.96. The maximum absolute atomic E-state index is 12.0. The molecule has 2 aliphatic carbocycles. The lowest BCUT2D eigenvalue weighted by Gasteiger charge is -2.31. The highest BCUT2D eigenvalue weighted by atomic mass is 16.3. The first kappa shape index (κ1) is 11.7. The summed E-state index contributed by atoms with van der Waals surface area (Å²) in [7, 11) is 0. The molecule has 1 amide bonds. The van der Waals surface area contributed by atoms with Gasteiger partial charge in [0, 0.05) is 12.1 Å². The monoisotopic (exact) mass is 245 g/mol. The molecule has 2 aliphatic rings. The van der Waals surface area contributed by atoms with Crippen molar-refractivity contribution in [2.45, 2.75) is 38.2 Å². The minimum Gasteiger partial charge on any atom is -0.393 e. The van der Waals surface area contributed by atoms with Crippen LogP contribution < -0.4 is 5.32 Å². The van der Waals surface area contributed by atoms with Crippen molar-refractivity contribution in [3.63, 3.8) is 0 Å². The first-order chi connectivity index (χ1) is 8.72. The van der Waals surface area contributed by atoms with E-state index in [1.807, 2.05) is 12.1 Å². The van der Waals surface area contributed by atoms with Crippen molar-refractivity contribution >= 4 is 5.91 Å². The number of aryl methyl sites for hydroxylation is 2. The molecule has 1 fully saturated rings. The van der Waals surface area contributed by atoms with Crippen molar-refractivity contribution in [3.8, 4) is 0 Å². The molecule has 3 nitrogen and oxygen atoms in total.